The van der Waals surface area contributed by atoms with Crippen LogP contribution in [0.5, 0.6) is 11.5 Å². The first-order chi connectivity index (χ1) is 9.80. The normalized spacial score (nSPS) is 10.4. The van der Waals surface area contributed by atoms with Crippen molar-refractivity contribution in [2.24, 2.45) is 0 Å². The molecule has 0 aliphatic heterocycles. The molecule has 0 aliphatic rings. The van der Waals surface area contributed by atoms with Crippen molar-refractivity contribution >= 4 is 17.5 Å². The van der Waals surface area contributed by atoms with Gasteiger partial charge in [0.2, 0.25) is 0 Å². The molecule has 0 saturated carbocycles. The van der Waals surface area contributed by atoms with E-state index in [9.17, 15) is 4.79 Å². The predicted molar refractivity (Wildman–Crippen MR) is 72.1 cm³/mol. The minimum Gasteiger partial charge on any atom is -0.497 e. The highest BCUT2D eigenvalue weighted by Gasteiger charge is 2.06. The number of nitrogens with zero attached hydrogens (tertiary/aromatic N) is 3. The number of carbonyl (C=O) groups is 1. The lowest BCUT2D eigenvalue weighted by Crippen LogP contribution is -1.98. The van der Waals surface area contributed by atoms with E-state index in [0.717, 1.165) is 22.5 Å². The van der Waals surface area contributed by atoms with E-state index in [1.165, 1.54) is 4.80 Å². The molecule has 6 heteroatoms. The second-order valence-corrected chi connectivity index (χ2v) is 4.05. The van der Waals surface area contributed by atoms with E-state index < -0.39 is 0 Å². The fourth-order valence-corrected chi connectivity index (χ4v) is 1.85. The SMILES string of the molecule is COc1ccc2nn(-c3ccc(OC=O)cc3)nc2c1. The molecular weight excluding hydrogens is 258 g/mol. The lowest BCUT2D eigenvalue weighted by molar-refractivity contribution is -0.120. The van der Waals surface area contributed by atoms with Crippen molar-refractivity contribution in [3.8, 4) is 17.2 Å². The molecule has 0 radical (unpaired) electrons. The molecule has 0 saturated heterocycles. The third-order valence-corrected chi connectivity index (χ3v) is 2.84. The van der Waals surface area contributed by atoms with Gasteiger partial charge in [0.1, 0.15) is 22.5 Å². The molecule has 0 atom stereocenters. The van der Waals surface area contributed by atoms with Crippen LogP contribution >= 0.6 is 0 Å². The number of fused-ring (bicyclic) bond motifs is 1. The zero-order chi connectivity index (χ0) is 13.9. The molecule has 0 unspecified atom stereocenters. The van der Waals surface area contributed by atoms with Gasteiger partial charge in [-0.2, -0.15) is 4.80 Å². The molecule has 100 valence electrons. The number of benzene rings is 2. The summed E-state index contributed by atoms with van der Waals surface area (Å²) < 4.78 is 9.89. The van der Waals surface area contributed by atoms with Crippen LogP contribution in [0.4, 0.5) is 0 Å². The van der Waals surface area contributed by atoms with Gasteiger partial charge in [0.05, 0.1) is 12.8 Å². The third kappa shape index (κ3) is 2.18. The molecule has 1 heterocycles. The molecular formula is C14H11N3O3. The number of methoxy groups -OCH3 is 1. The monoisotopic (exact) mass is 269 g/mol. The lowest BCUT2D eigenvalue weighted by Gasteiger charge is -2.00. The number of ether oxygens (including phenoxy) is 2. The summed E-state index contributed by atoms with van der Waals surface area (Å²) in [7, 11) is 1.61. The number of rotatable bonds is 4. The Morgan fingerprint density at radius 2 is 1.70 bits per heavy atom. The van der Waals surface area contributed by atoms with Crippen LogP contribution in [-0.4, -0.2) is 28.6 Å². The lowest BCUT2D eigenvalue weighted by atomic mass is 10.3. The van der Waals surface area contributed by atoms with Gasteiger partial charge in [-0.15, -0.1) is 10.2 Å². The Morgan fingerprint density at radius 3 is 2.40 bits per heavy atom. The van der Waals surface area contributed by atoms with Crippen molar-refractivity contribution in [1.82, 2.24) is 15.0 Å². The summed E-state index contributed by atoms with van der Waals surface area (Å²) in [6.07, 6.45) is 0. The topological polar surface area (TPSA) is 66.2 Å². The van der Waals surface area contributed by atoms with Crippen molar-refractivity contribution in [3.63, 3.8) is 0 Å². The van der Waals surface area contributed by atoms with Crippen molar-refractivity contribution in [2.45, 2.75) is 0 Å². The Bertz CT molecular complexity index is 750. The van der Waals surface area contributed by atoms with Crippen molar-refractivity contribution in [1.29, 1.82) is 0 Å². The van der Waals surface area contributed by atoms with Gasteiger partial charge in [0.15, 0.2) is 0 Å². The number of carbonyl (C=O) groups excluding carboxylic acids is 1. The molecule has 3 rings (SSSR count). The fourth-order valence-electron chi connectivity index (χ4n) is 1.85. The smallest absolute Gasteiger partial charge is 0.298 e. The molecule has 6 nitrogen and oxygen atoms in total. The molecule has 0 N–H and O–H groups in total. The Morgan fingerprint density at radius 1 is 1.00 bits per heavy atom. The van der Waals surface area contributed by atoms with Crippen LogP contribution in [0, 0.1) is 0 Å². The van der Waals surface area contributed by atoms with E-state index in [2.05, 4.69) is 10.2 Å². The number of hydrogen-bond acceptors (Lipinski definition) is 5. The average Bonchev–Trinajstić information content (AvgIpc) is 2.91. The predicted octanol–water partition coefficient (Wildman–Crippen LogP) is 1.96. The first-order valence-electron chi connectivity index (χ1n) is 5.92. The largest absolute Gasteiger partial charge is 0.497 e. The number of aromatic nitrogens is 3. The molecule has 0 amide bonds. The van der Waals surface area contributed by atoms with Crippen LogP contribution in [0.3, 0.4) is 0 Å². The maximum atomic E-state index is 10.2. The van der Waals surface area contributed by atoms with E-state index in [1.807, 2.05) is 18.2 Å². The highest BCUT2D eigenvalue weighted by molar-refractivity contribution is 5.75. The van der Waals surface area contributed by atoms with Crippen LogP contribution in [0.1, 0.15) is 0 Å². The standard InChI is InChI=1S/C14H11N3O3/c1-19-12-6-7-13-14(8-12)16-17(15-13)10-2-4-11(5-3-10)20-9-18/h2-9H,1H3. The third-order valence-electron chi connectivity index (χ3n) is 2.84. The van der Waals surface area contributed by atoms with Gasteiger partial charge < -0.3 is 9.47 Å². The molecule has 0 fully saturated rings. The maximum absolute atomic E-state index is 10.2. The quantitative estimate of drug-likeness (QED) is 0.677. The van der Waals surface area contributed by atoms with Gasteiger partial charge in [-0.05, 0) is 36.4 Å². The first-order valence-corrected chi connectivity index (χ1v) is 5.92. The van der Waals surface area contributed by atoms with Gasteiger partial charge in [-0.3, -0.25) is 4.79 Å². The second kappa shape index (κ2) is 5.00. The van der Waals surface area contributed by atoms with E-state index in [4.69, 9.17) is 9.47 Å². The molecule has 0 bridgehead atoms. The summed E-state index contributed by atoms with van der Waals surface area (Å²) in [5.41, 5.74) is 2.30. The highest BCUT2D eigenvalue weighted by Crippen LogP contribution is 2.19. The van der Waals surface area contributed by atoms with Crippen LogP contribution in [0.2, 0.25) is 0 Å². The molecule has 0 aliphatic carbocycles. The zero-order valence-electron chi connectivity index (χ0n) is 10.7. The number of hydrogen-bond donors (Lipinski definition) is 0. The summed E-state index contributed by atoms with van der Waals surface area (Å²) >= 11 is 0. The molecule has 3 aromatic rings. The summed E-state index contributed by atoms with van der Waals surface area (Å²) in [6, 6.07) is 12.4. The van der Waals surface area contributed by atoms with E-state index in [-0.39, 0.29) is 0 Å². The van der Waals surface area contributed by atoms with Gasteiger partial charge in [-0.1, -0.05) is 0 Å². The summed E-state index contributed by atoms with van der Waals surface area (Å²) in [5, 5.41) is 8.76. The Hall–Kier alpha value is -2.89. The second-order valence-electron chi connectivity index (χ2n) is 4.05. The van der Waals surface area contributed by atoms with Crippen LogP contribution in [-0.2, 0) is 4.79 Å². The summed E-state index contributed by atoms with van der Waals surface area (Å²) in [6.45, 7) is 0.391. The van der Waals surface area contributed by atoms with Crippen molar-refractivity contribution < 1.29 is 14.3 Å². The highest BCUT2D eigenvalue weighted by atomic mass is 16.5. The van der Waals surface area contributed by atoms with Gasteiger partial charge in [-0.25, -0.2) is 0 Å². The van der Waals surface area contributed by atoms with Crippen molar-refractivity contribution in [3.05, 3.63) is 42.5 Å². The molecule has 2 aromatic carbocycles. The summed E-state index contributed by atoms with van der Waals surface area (Å²) in [5.74, 6) is 1.21. The zero-order valence-corrected chi connectivity index (χ0v) is 10.7. The molecule has 0 spiro atoms. The fraction of sp³-hybridized carbons (Fsp3) is 0.0714. The van der Waals surface area contributed by atoms with Crippen LogP contribution in [0.25, 0.3) is 16.7 Å². The van der Waals surface area contributed by atoms with Gasteiger partial charge >= 0.3 is 0 Å². The Balaban J connectivity index is 1.98. The minimum absolute atomic E-state index is 0.391. The summed E-state index contributed by atoms with van der Waals surface area (Å²) in [4.78, 5) is 11.8. The van der Waals surface area contributed by atoms with Crippen molar-refractivity contribution in [2.75, 3.05) is 7.11 Å². The van der Waals surface area contributed by atoms with E-state index >= 15 is 0 Å². The van der Waals surface area contributed by atoms with E-state index in [1.54, 1.807) is 31.4 Å². The Labute approximate surface area is 114 Å². The van der Waals surface area contributed by atoms with Crippen LogP contribution < -0.4 is 9.47 Å². The molecule has 1 aromatic heterocycles. The van der Waals surface area contributed by atoms with Gasteiger partial charge in [0.25, 0.3) is 6.47 Å². The van der Waals surface area contributed by atoms with Gasteiger partial charge in [0, 0.05) is 6.07 Å². The minimum atomic E-state index is 0.391. The van der Waals surface area contributed by atoms with Crippen LogP contribution in [0.15, 0.2) is 42.5 Å². The molecule has 20 heavy (non-hydrogen) atoms. The Kier molecular flexibility index (Phi) is 3.04. The first kappa shape index (κ1) is 12.2. The van der Waals surface area contributed by atoms with E-state index in [0.29, 0.717) is 12.2 Å². The average molecular weight is 269 g/mol. The maximum Gasteiger partial charge on any atom is 0.298 e.